The third kappa shape index (κ3) is 3.47. The fourth-order valence-corrected chi connectivity index (χ4v) is 14.0. The van der Waals surface area contributed by atoms with Crippen LogP contribution in [0.25, 0.3) is 11.0 Å². The minimum Gasteiger partial charge on any atom is -0.360 e. The lowest BCUT2D eigenvalue weighted by Gasteiger charge is -2.55. The van der Waals surface area contributed by atoms with E-state index < -0.39 is 8.24 Å². The van der Waals surface area contributed by atoms with Crippen LogP contribution in [0.2, 0.25) is 16.6 Å². The number of nitrogens with one attached hydrogen (secondary N) is 1. The molecule has 4 rings (SSSR count). The van der Waals surface area contributed by atoms with Gasteiger partial charge in [-0.15, -0.1) is 0 Å². The second kappa shape index (κ2) is 8.22. The molecule has 31 heavy (non-hydrogen) atoms. The van der Waals surface area contributed by atoms with Crippen molar-refractivity contribution in [2.75, 3.05) is 11.4 Å². The number of rotatable bonds is 5. The summed E-state index contributed by atoms with van der Waals surface area (Å²) in [5, 5.41) is 5.23. The van der Waals surface area contributed by atoms with Crippen molar-refractivity contribution < 1.29 is 0 Å². The molecule has 4 nitrogen and oxygen atoms in total. The molecule has 0 aromatic carbocycles. The van der Waals surface area contributed by atoms with E-state index in [1.165, 1.54) is 42.4 Å². The first-order valence-electron chi connectivity index (χ1n) is 12.6. The smallest absolute Gasteiger partial charge is 0.171 e. The van der Waals surface area contributed by atoms with Crippen LogP contribution in [0.5, 0.6) is 0 Å². The zero-order chi connectivity index (χ0) is 22.6. The Balaban J connectivity index is 1.90. The highest BCUT2D eigenvalue weighted by Gasteiger charge is 2.47. The molecule has 1 aliphatic carbocycles. The SMILES string of the molecule is CC(C)[Si](C(C)C)(C(C)C)n1ccc2c(N3C4CCCCC4NCC3(C)C)ccnc21. The highest BCUT2D eigenvalue weighted by Crippen LogP contribution is 2.46. The quantitative estimate of drug-likeness (QED) is 0.534. The highest BCUT2D eigenvalue weighted by molar-refractivity contribution is 6.82. The molecular weight excluding hydrogens is 396 g/mol. The predicted octanol–water partition coefficient (Wildman–Crippen LogP) is 6.56. The van der Waals surface area contributed by atoms with Crippen LogP contribution in [-0.2, 0) is 0 Å². The van der Waals surface area contributed by atoms with E-state index in [0.29, 0.717) is 28.7 Å². The van der Waals surface area contributed by atoms with Crippen molar-refractivity contribution in [3.63, 3.8) is 0 Å². The second-order valence-corrected chi connectivity index (χ2v) is 17.3. The summed E-state index contributed by atoms with van der Waals surface area (Å²) >= 11 is 0. The number of aromatic nitrogens is 2. The van der Waals surface area contributed by atoms with Gasteiger partial charge in [0, 0.05) is 35.8 Å². The van der Waals surface area contributed by atoms with Crippen molar-refractivity contribution in [1.29, 1.82) is 0 Å². The molecule has 2 fully saturated rings. The molecule has 1 N–H and O–H groups in total. The zero-order valence-electron chi connectivity index (χ0n) is 21.1. The summed E-state index contributed by atoms with van der Waals surface area (Å²) in [6.45, 7) is 20.5. The summed E-state index contributed by atoms with van der Waals surface area (Å²) in [6, 6.07) is 5.85. The predicted molar refractivity (Wildman–Crippen MR) is 137 cm³/mol. The van der Waals surface area contributed by atoms with Crippen LogP contribution in [-0.4, -0.2) is 41.6 Å². The lowest BCUT2D eigenvalue weighted by Crippen LogP contribution is -2.68. The van der Waals surface area contributed by atoms with Gasteiger partial charge in [0.05, 0.1) is 5.69 Å². The van der Waals surface area contributed by atoms with E-state index >= 15 is 0 Å². The van der Waals surface area contributed by atoms with E-state index in [1.54, 1.807) is 0 Å². The molecule has 2 aromatic rings. The molecule has 0 amide bonds. The molecule has 0 radical (unpaired) electrons. The standard InChI is InChI=1S/C26H44N4Si/c1-18(2)31(19(3)4,20(5)6)29-16-14-21-23(13-15-27-25(21)29)30-24-12-10-9-11-22(24)28-17-26(30,7)8/h13-16,18-20,22,24,28H,9-12,17H2,1-8H3. The van der Waals surface area contributed by atoms with Crippen LogP contribution >= 0.6 is 0 Å². The molecule has 1 saturated carbocycles. The Kier molecular flexibility index (Phi) is 6.06. The van der Waals surface area contributed by atoms with Crippen molar-refractivity contribution in [3.8, 4) is 0 Å². The molecule has 2 aromatic heterocycles. The van der Waals surface area contributed by atoms with E-state index in [0.717, 1.165) is 6.54 Å². The molecule has 1 aliphatic heterocycles. The molecule has 2 unspecified atom stereocenters. The van der Waals surface area contributed by atoms with Gasteiger partial charge in [0.15, 0.2) is 8.24 Å². The van der Waals surface area contributed by atoms with E-state index in [1.807, 2.05) is 0 Å². The number of anilines is 1. The number of piperazine rings is 1. The summed E-state index contributed by atoms with van der Waals surface area (Å²) in [7, 11) is -1.84. The number of nitrogens with zero attached hydrogens (tertiary/aromatic N) is 3. The zero-order valence-corrected chi connectivity index (χ0v) is 22.1. The Morgan fingerprint density at radius 2 is 1.65 bits per heavy atom. The van der Waals surface area contributed by atoms with Gasteiger partial charge in [-0.25, -0.2) is 4.98 Å². The summed E-state index contributed by atoms with van der Waals surface area (Å²) in [4.78, 5) is 7.79. The van der Waals surface area contributed by atoms with Crippen LogP contribution in [0, 0.1) is 0 Å². The molecule has 0 spiro atoms. The number of hydrogen-bond donors (Lipinski definition) is 1. The highest BCUT2D eigenvalue weighted by atomic mass is 28.3. The number of pyridine rings is 1. The Morgan fingerprint density at radius 3 is 2.29 bits per heavy atom. The first-order chi connectivity index (χ1) is 14.6. The second-order valence-electron chi connectivity index (χ2n) is 11.6. The molecule has 172 valence electrons. The average molecular weight is 441 g/mol. The largest absolute Gasteiger partial charge is 0.360 e. The summed E-state index contributed by atoms with van der Waals surface area (Å²) in [6.07, 6.45) is 9.75. The summed E-state index contributed by atoms with van der Waals surface area (Å²) < 4.78 is 2.67. The van der Waals surface area contributed by atoms with Crippen LogP contribution in [0.15, 0.2) is 24.5 Å². The van der Waals surface area contributed by atoms with Gasteiger partial charge in [-0.05, 0) is 61.6 Å². The normalized spacial score (nSPS) is 24.4. The third-order valence-corrected chi connectivity index (χ3v) is 15.3. The monoisotopic (exact) mass is 440 g/mol. The van der Waals surface area contributed by atoms with Crippen LogP contribution in [0.1, 0.15) is 81.1 Å². The fraction of sp³-hybridized carbons (Fsp3) is 0.731. The molecular formula is C26H44N4Si. The van der Waals surface area contributed by atoms with Crippen molar-refractivity contribution in [1.82, 2.24) is 14.5 Å². The van der Waals surface area contributed by atoms with Crippen molar-refractivity contribution >= 4 is 25.0 Å². The molecule has 3 heterocycles. The number of fused-ring (bicyclic) bond motifs is 2. The van der Waals surface area contributed by atoms with Gasteiger partial charge in [0.1, 0.15) is 5.65 Å². The number of hydrogen-bond acceptors (Lipinski definition) is 3. The average Bonchev–Trinajstić information content (AvgIpc) is 3.12. The molecule has 1 saturated heterocycles. The Hall–Kier alpha value is -1.33. The summed E-state index contributed by atoms with van der Waals surface area (Å²) in [5.74, 6) is 0. The third-order valence-electron chi connectivity index (χ3n) is 8.53. The fourth-order valence-electron chi connectivity index (χ4n) is 7.46. The van der Waals surface area contributed by atoms with Crippen molar-refractivity contribution in [2.24, 2.45) is 0 Å². The maximum absolute atomic E-state index is 5.02. The van der Waals surface area contributed by atoms with Gasteiger partial charge in [0.2, 0.25) is 0 Å². The Labute approximate surface area is 190 Å². The van der Waals surface area contributed by atoms with Gasteiger partial charge >= 0.3 is 0 Å². The molecule has 2 aliphatic rings. The van der Waals surface area contributed by atoms with E-state index in [4.69, 9.17) is 4.98 Å². The van der Waals surface area contributed by atoms with E-state index in [2.05, 4.69) is 94.4 Å². The first-order valence-corrected chi connectivity index (χ1v) is 14.8. The van der Waals surface area contributed by atoms with Gasteiger partial charge in [-0.3, -0.25) is 0 Å². The maximum atomic E-state index is 5.02. The lowest BCUT2D eigenvalue weighted by molar-refractivity contribution is 0.214. The maximum Gasteiger partial charge on any atom is 0.171 e. The van der Waals surface area contributed by atoms with E-state index in [9.17, 15) is 0 Å². The summed E-state index contributed by atoms with van der Waals surface area (Å²) in [5.41, 5.74) is 4.68. The van der Waals surface area contributed by atoms with Gasteiger partial charge < -0.3 is 14.4 Å². The Bertz CT molecular complexity index is 891. The van der Waals surface area contributed by atoms with Crippen molar-refractivity contribution in [2.45, 2.75) is 115 Å². The van der Waals surface area contributed by atoms with Crippen LogP contribution in [0.3, 0.4) is 0 Å². The molecule has 2 atom stereocenters. The van der Waals surface area contributed by atoms with Gasteiger partial charge in [-0.1, -0.05) is 54.4 Å². The lowest BCUT2D eigenvalue weighted by atomic mass is 9.82. The molecule has 0 bridgehead atoms. The van der Waals surface area contributed by atoms with E-state index in [-0.39, 0.29) is 5.54 Å². The van der Waals surface area contributed by atoms with Gasteiger partial charge in [0.25, 0.3) is 0 Å². The Morgan fingerprint density at radius 1 is 1.00 bits per heavy atom. The van der Waals surface area contributed by atoms with Crippen LogP contribution in [0.4, 0.5) is 5.69 Å². The minimum absolute atomic E-state index is 0.0948. The van der Waals surface area contributed by atoms with Gasteiger partial charge in [-0.2, -0.15) is 0 Å². The first kappa shape index (κ1) is 22.8. The van der Waals surface area contributed by atoms with Crippen LogP contribution < -0.4 is 10.2 Å². The minimum atomic E-state index is -1.84. The molecule has 5 heteroatoms. The van der Waals surface area contributed by atoms with Crippen molar-refractivity contribution in [3.05, 3.63) is 24.5 Å². The topological polar surface area (TPSA) is 33.1 Å².